The first-order valence-electron chi connectivity index (χ1n) is 13.1. The third-order valence-corrected chi connectivity index (χ3v) is 7.28. The molecule has 0 unspecified atom stereocenters. The van der Waals surface area contributed by atoms with Crippen molar-refractivity contribution >= 4 is 42.1 Å². The van der Waals surface area contributed by atoms with E-state index in [2.05, 4.69) is 91.5 Å². The smallest absolute Gasteiger partial charge is 0.160 e. The molecule has 3 aromatic rings. The van der Waals surface area contributed by atoms with Gasteiger partial charge in [-0.25, -0.2) is 9.97 Å². The van der Waals surface area contributed by atoms with Crippen molar-refractivity contribution in [3.63, 3.8) is 0 Å². The maximum Gasteiger partial charge on any atom is 0.160 e. The number of nitrogens with zero attached hydrogens (tertiary/aromatic N) is 5. The van der Waals surface area contributed by atoms with E-state index >= 15 is 0 Å². The van der Waals surface area contributed by atoms with Crippen LogP contribution in [0.15, 0.2) is 36.4 Å². The number of pyridine rings is 1. The minimum absolute atomic E-state index is 0. The van der Waals surface area contributed by atoms with Crippen molar-refractivity contribution in [1.82, 2.24) is 24.3 Å². The number of hydrogen-bond donors (Lipinski definition) is 0. The Balaban J connectivity index is 0.00000228. The molecule has 1 fully saturated rings. The largest absolute Gasteiger partial charge is 0.308 e. The molecule has 4 rings (SSSR count). The van der Waals surface area contributed by atoms with E-state index in [4.69, 9.17) is 9.97 Å². The van der Waals surface area contributed by atoms with Crippen molar-refractivity contribution in [3.8, 4) is 0 Å². The zero-order valence-electron chi connectivity index (χ0n) is 22.5. The number of benzene rings is 1. The molecule has 0 amide bonds. The first-order chi connectivity index (χ1) is 16.5. The molecular weight excluding hydrogens is 489 g/mol. The SMILES string of the molecule is CCc1nc2c(C)cc(C)nc2n1Cc1ccc(C=CCN2CCN(C(CC)CC)CC2)cc1.Cl.Cl. The van der Waals surface area contributed by atoms with E-state index in [0.717, 1.165) is 48.2 Å². The highest BCUT2D eigenvalue weighted by Gasteiger charge is 2.20. The van der Waals surface area contributed by atoms with Crippen molar-refractivity contribution in [2.24, 2.45) is 0 Å². The fourth-order valence-electron chi connectivity index (χ4n) is 5.26. The molecule has 0 atom stereocenters. The predicted molar refractivity (Wildman–Crippen MR) is 158 cm³/mol. The number of fused-ring (bicyclic) bond motifs is 1. The summed E-state index contributed by atoms with van der Waals surface area (Å²) in [5, 5.41) is 0. The molecule has 0 spiro atoms. The van der Waals surface area contributed by atoms with Gasteiger partial charge in [0.2, 0.25) is 0 Å². The van der Waals surface area contributed by atoms with Crippen LogP contribution in [0, 0.1) is 13.8 Å². The number of imidazole rings is 1. The Bertz CT molecular complexity index is 1110. The number of hydrogen-bond acceptors (Lipinski definition) is 4. The predicted octanol–water partition coefficient (Wildman–Crippen LogP) is 6.32. The molecule has 0 bridgehead atoms. The van der Waals surface area contributed by atoms with Crippen molar-refractivity contribution in [2.75, 3.05) is 32.7 Å². The minimum Gasteiger partial charge on any atom is -0.308 e. The lowest BCUT2D eigenvalue weighted by Gasteiger charge is -2.38. The highest BCUT2D eigenvalue weighted by Crippen LogP contribution is 2.21. The van der Waals surface area contributed by atoms with Crippen molar-refractivity contribution in [2.45, 2.75) is 66.5 Å². The van der Waals surface area contributed by atoms with Crippen LogP contribution in [-0.4, -0.2) is 63.1 Å². The molecule has 1 saturated heterocycles. The molecule has 7 heteroatoms. The lowest BCUT2D eigenvalue weighted by atomic mass is 10.1. The van der Waals surface area contributed by atoms with Crippen LogP contribution in [0.4, 0.5) is 0 Å². The van der Waals surface area contributed by atoms with Crippen molar-refractivity contribution < 1.29 is 0 Å². The maximum absolute atomic E-state index is 4.88. The molecule has 5 nitrogen and oxygen atoms in total. The van der Waals surface area contributed by atoms with Gasteiger partial charge < -0.3 is 4.57 Å². The number of rotatable bonds is 9. The lowest BCUT2D eigenvalue weighted by Crippen LogP contribution is -2.49. The molecule has 0 saturated carbocycles. The summed E-state index contributed by atoms with van der Waals surface area (Å²) in [5.74, 6) is 1.10. The van der Waals surface area contributed by atoms with Gasteiger partial charge in [-0.2, -0.15) is 0 Å². The first kappa shape index (κ1) is 30.3. The summed E-state index contributed by atoms with van der Waals surface area (Å²) in [6, 6.07) is 11.8. The Morgan fingerprint density at radius 1 is 0.917 bits per heavy atom. The van der Waals surface area contributed by atoms with E-state index in [1.54, 1.807) is 0 Å². The van der Waals surface area contributed by atoms with Gasteiger partial charge in [-0.15, -0.1) is 24.8 Å². The summed E-state index contributed by atoms with van der Waals surface area (Å²) in [5.41, 5.74) is 6.82. The number of aryl methyl sites for hydroxylation is 3. The lowest BCUT2D eigenvalue weighted by molar-refractivity contribution is 0.0989. The van der Waals surface area contributed by atoms with Crippen LogP contribution in [0.5, 0.6) is 0 Å². The van der Waals surface area contributed by atoms with Gasteiger partial charge >= 0.3 is 0 Å². The fourth-order valence-corrected chi connectivity index (χ4v) is 5.26. The molecular formula is C29H43Cl2N5. The molecule has 1 aliphatic rings. The molecule has 1 aliphatic heterocycles. The summed E-state index contributed by atoms with van der Waals surface area (Å²) >= 11 is 0. The number of piperazine rings is 1. The monoisotopic (exact) mass is 531 g/mol. The van der Waals surface area contributed by atoms with Crippen LogP contribution in [-0.2, 0) is 13.0 Å². The quantitative estimate of drug-likeness (QED) is 0.323. The van der Waals surface area contributed by atoms with E-state index in [-0.39, 0.29) is 24.8 Å². The van der Waals surface area contributed by atoms with E-state index in [1.165, 1.54) is 55.7 Å². The molecule has 36 heavy (non-hydrogen) atoms. The van der Waals surface area contributed by atoms with E-state index in [1.807, 2.05) is 0 Å². The first-order valence-corrected chi connectivity index (χ1v) is 13.1. The van der Waals surface area contributed by atoms with Gasteiger partial charge in [0.25, 0.3) is 0 Å². The minimum atomic E-state index is 0. The highest BCUT2D eigenvalue weighted by atomic mass is 35.5. The van der Waals surface area contributed by atoms with Crippen LogP contribution in [0.25, 0.3) is 17.2 Å². The molecule has 0 N–H and O–H groups in total. The molecule has 0 radical (unpaired) electrons. The summed E-state index contributed by atoms with van der Waals surface area (Å²) < 4.78 is 2.28. The summed E-state index contributed by atoms with van der Waals surface area (Å²) in [7, 11) is 0. The summed E-state index contributed by atoms with van der Waals surface area (Å²) in [4.78, 5) is 14.9. The second kappa shape index (κ2) is 14.1. The van der Waals surface area contributed by atoms with Crippen molar-refractivity contribution in [3.05, 3.63) is 64.6 Å². The van der Waals surface area contributed by atoms with E-state index in [9.17, 15) is 0 Å². The summed E-state index contributed by atoms with van der Waals surface area (Å²) in [6.45, 7) is 17.6. The number of aromatic nitrogens is 3. The van der Waals surface area contributed by atoms with Crippen LogP contribution in [0.2, 0.25) is 0 Å². The summed E-state index contributed by atoms with van der Waals surface area (Å²) in [6.07, 6.45) is 8.00. The standard InChI is InChI=1S/C29H41N5.2ClH/c1-6-26(7-2)33-18-16-32(17-19-33)15-9-10-24-11-13-25(14-12-24)21-34-27(8-3)31-28-22(4)20-23(5)30-29(28)34;;/h9-14,20,26H,6-8,15-19,21H2,1-5H3;2*1H. The van der Waals surface area contributed by atoms with Crippen LogP contribution >= 0.6 is 24.8 Å². The Morgan fingerprint density at radius 2 is 1.58 bits per heavy atom. The average Bonchev–Trinajstić information content (AvgIpc) is 3.19. The van der Waals surface area contributed by atoms with Gasteiger partial charge in [0.1, 0.15) is 11.3 Å². The van der Waals surface area contributed by atoms with Gasteiger partial charge in [-0.05, 0) is 49.4 Å². The van der Waals surface area contributed by atoms with Crippen LogP contribution in [0.1, 0.15) is 61.8 Å². The van der Waals surface area contributed by atoms with Crippen LogP contribution in [0.3, 0.4) is 0 Å². The third kappa shape index (κ3) is 7.10. The Kier molecular flexibility index (Phi) is 11.9. The molecule has 0 aliphatic carbocycles. The molecule has 3 heterocycles. The third-order valence-electron chi connectivity index (χ3n) is 7.28. The zero-order valence-corrected chi connectivity index (χ0v) is 24.2. The maximum atomic E-state index is 4.88. The number of halogens is 2. The molecule has 1 aromatic carbocycles. The highest BCUT2D eigenvalue weighted by molar-refractivity contribution is 5.85. The molecule has 198 valence electrons. The second-order valence-corrected chi connectivity index (χ2v) is 9.67. The van der Waals surface area contributed by atoms with Gasteiger partial charge in [0.05, 0.1) is 6.54 Å². The zero-order chi connectivity index (χ0) is 24.1. The average molecular weight is 533 g/mol. The fraction of sp³-hybridized carbons (Fsp3) is 0.517. The Labute approximate surface area is 229 Å². The van der Waals surface area contributed by atoms with Crippen molar-refractivity contribution in [1.29, 1.82) is 0 Å². The van der Waals surface area contributed by atoms with Crippen LogP contribution < -0.4 is 0 Å². The second-order valence-electron chi connectivity index (χ2n) is 9.67. The Morgan fingerprint density at radius 3 is 2.19 bits per heavy atom. The van der Waals surface area contributed by atoms with Gasteiger partial charge in [0, 0.05) is 50.9 Å². The van der Waals surface area contributed by atoms with Gasteiger partial charge in [-0.1, -0.05) is 57.2 Å². The van der Waals surface area contributed by atoms with Gasteiger partial charge in [-0.3, -0.25) is 9.80 Å². The molecule has 2 aromatic heterocycles. The van der Waals surface area contributed by atoms with E-state index in [0.29, 0.717) is 0 Å². The van der Waals surface area contributed by atoms with Gasteiger partial charge in [0.15, 0.2) is 5.65 Å². The normalized spacial score (nSPS) is 14.9. The topological polar surface area (TPSA) is 37.2 Å². The Hall–Kier alpha value is -1.92. The van der Waals surface area contributed by atoms with E-state index < -0.39 is 0 Å².